The van der Waals surface area contributed by atoms with Crippen LogP contribution in [0.5, 0.6) is 5.75 Å². The lowest BCUT2D eigenvalue weighted by Crippen LogP contribution is -2.59. The van der Waals surface area contributed by atoms with E-state index in [9.17, 15) is 38.7 Å². The Morgan fingerprint density at radius 2 is 1.83 bits per heavy atom. The Bertz CT molecular complexity index is 2530. The van der Waals surface area contributed by atoms with Crippen molar-refractivity contribution in [3.63, 3.8) is 0 Å². The molecule has 1 saturated carbocycles. The average molecular weight is 1020 g/mol. The number of nitrogens with zero attached hydrogens (tertiary/aromatic N) is 5. The van der Waals surface area contributed by atoms with Gasteiger partial charge in [-0.2, -0.15) is 0 Å². The molecule has 20 heteroatoms. The first-order valence-electron chi connectivity index (χ1n) is 24.3. The van der Waals surface area contributed by atoms with Crippen LogP contribution in [-0.2, 0) is 45.5 Å². The number of halogens is 1. The van der Waals surface area contributed by atoms with Crippen molar-refractivity contribution < 1.29 is 43.4 Å². The number of fused-ring (bicyclic) bond motifs is 1. The monoisotopic (exact) mass is 1020 g/mol. The highest BCUT2D eigenvalue weighted by molar-refractivity contribution is 7.13. The molecular formula is C51H66ClN9O9S. The second-order valence-corrected chi connectivity index (χ2v) is 21.5. The van der Waals surface area contributed by atoms with Crippen LogP contribution in [0.1, 0.15) is 102 Å². The molecular weight excluding hydrogens is 950 g/mol. The highest BCUT2D eigenvalue weighted by atomic mass is 35.5. The van der Waals surface area contributed by atoms with E-state index in [2.05, 4.69) is 15.6 Å². The number of aryl methyl sites for hydroxylation is 2. The number of benzene rings is 2. The predicted molar refractivity (Wildman–Crippen MR) is 267 cm³/mol. The molecule has 382 valence electrons. The number of thiazole rings is 1. The summed E-state index contributed by atoms with van der Waals surface area (Å²) in [5.74, 6) is -2.07. The normalized spacial score (nSPS) is 21.5. The minimum Gasteiger partial charge on any atom is -0.490 e. The molecule has 18 nitrogen and oxygen atoms in total. The number of likely N-dealkylation sites (tertiary alicyclic amines) is 1. The topological polar surface area (TPSA) is 251 Å². The fourth-order valence-corrected chi connectivity index (χ4v) is 10.9. The summed E-state index contributed by atoms with van der Waals surface area (Å²) in [4.78, 5) is 104. The van der Waals surface area contributed by atoms with Gasteiger partial charge in [0, 0.05) is 64.4 Å². The number of aliphatic hydroxyl groups excluding tert-OH is 1. The number of aliphatic hydroxyl groups is 1. The standard InChI is InChI=1S/C51H66ClN9O9S/c1-30-45(71-28-55-30)33-12-14-34(15-13-33)51(21-22-51)57-47(67)39-24-37(64)25-59(39)49(69)46(50(3,4)5)56-42(66)11-7-9-32-8-6-10-40(44(32)52)70-27-36(16-18-41(54)65)60(29-62)43-19-17-35-20-23-58(31(2)63)26-38(53)48(68)61(35)43/h6,8,10,12-15,17,28-29,36-39,43,46,64H,7,9,11,16,18-27,53H2,1-5H3,(H2,54,65)(H,56,66)(H,57,67)/t36-,37+,38-,39-,43-,46+/m0/s1. The largest absolute Gasteiger partial charge is 0.490 e. The van der Waals surface area contributed by atoms with E-state index in [0.29, 0.717) is 60.7 Å². The summed E-state index contributed by atoms with van der Waals surface area (Å²) < 4.78 is 6.24. The Morgan fingerprint density at radius 3 is 2.46 bits per heavy atom. The van der Waals surface area contributed by atoms with Crippen LogP contribution < -0.4 is 26.8 Å². The number of hydrogen-bond acceptors (Lipinski definition) is 12. The molecule has 7 N–H and O–H groups in total. The van der Waals surface area contributed by atoms with E-state index < -0.39 is 65.1 Å². The highest BCUT2D eigenvalue weighted by Crippen LogP contribution is 2.46. The van der Waals surface area contributed by atoms with Gasteiger partial charge in [-0.3, -0.25) is 38.5 Å². The van der Waals surface area contributed by atoms with Gasteiger partial charge in [-0.05, 0) is 67.2 Å². The van der Waals surface area contributed by atoms with E-state index in [1.165, 1.54) is 26.5 Å². The Morgan fingerprint density at radius 1 is 1.10 bits per heavy atom. The van der Waals surface area contributed by atoms with Gasteiger partial charge in [-0.15, -0.1) is 11.3 Å². The van der Waals surface area contributed by atoms with E-state index in [4.69, 9.17) is 27.8 Å². The zero-order valence-electron chi connectivity index (χ0n) is 41.0. The summed E-state index contributed by atoms with van der Waals surface area (Å²) >= 11 is 8.47. The van der Waals surface area contributed by atoms with Crippen LogP contribution in [0.2, 0.25) is 5.02 Å². The van der Waals surface area contributed by atoms with Crippen molar-refractivity contribution in [1.82, 2.24) is 35.2 Å². The number of aromatic nitrogens is 1. The van der Waals surface area contributed by atoms with Crippen LogP contribution in [0.3, 0.4) is 0 Å². The van der Waals surface area contributed by atoms with Gasteiger partial charge < -0.3 is 46.6 Å². The van der Waals surface area contributed by atoms with Crippen LogP contribution in [0.15, 0.2) is 59.7 Å². The Balaban J connectivity index is 0.954. The van der Waals surface area contributed by atoms with E-state index >= 15 is 0 Å². The zero-order chi connectivity index (χ0) is 51.4. The molecule has 7 rings (SSSR count). The maximum absolute atomic E-state index is 14.4. The maximum Gasteiger partial charge on any atom is 0.247 e. The predicted octanol–water partition coefficient (Wildman–Crippen LogP) is 3.89. The minimum atomic E-state index is -1.01. The molecule has 2 aromatic carbocycles. The molecule has 3 aliphatic heterocycles. The van der Waals surface area contributed by atoms with Crippen LogP contribution in [0, 0.1) is 12.3 Å². The molecule has 4 aliphatic rings. The van der Waals surface area contributed by atoms with Gasteiger partial charge >= 0.3 is 0 Å². The first kappa shape index (κ1) is 52.9. The van der Waals surface area contributed by atoms with Crippen LogP contribution in [0.4, 0.5) is 0 Å². The van der Waals surface area contributed by atoms with Crippen LogP contribution >= 0.6 is 22.9 Å². The molecule has 4 heterocycles. The Labute approximate surface area is 423 Å². The van der Waals surface area contributed by atoms with Gasteiger partial charge in [-0.25, -0.2) is 4.98 Å². The third-order valence-electron chi connectivity index (χ3n) is 14.0. The molecule has 0 spiro atoms. The summed E-state index contributed by atoms with van der Waals surface area (Å²) in [6.07, 6.45) is 3.92. The number of hydrogen-bond donors (Lipinski definition) is 5. The molecule has 71 heavy (non-hydrogen) atoms. The molecule has 6 atom stereocenters. The van der Waals surface area contributed by atoms with Crippen molar-refractivity contribution in [3.05, 3.63) is 81.6 Å². The first-order chi connectivity index (χ1) is 33.7. The zero-order valence-corrected chi connectivity index (χ0v) is 42.6. The number of amides is 7. The van der Waals surface area contributed by atoms with E-state index in [-0.39, 0.29) is 63.1 Å². The molecule has 1 aliphatic carbocycles. The molecule has 0 bridgehead atoms. The summed E-state index contributed by atoms with van der Waals surface area (Å²) in [6.45, 7) is 9.16. The summed E-state index contributed by atoms with van der Waals surface area (Å²) in [6, 6.07) is 9.68. The Kier molecular flexibility index (Phi) is 16.6. The first-order valence-corrected chi connectivity index (χ1v) is 25.5. The number of β-amino-alcohol motifs (C(OH)–C–C–N with tert-alkyl or cyclic N) is 1. The quantitative estimate of drug-likeness (QED) is 0.108. The number of carbonyl (C=O) groups excluding carboxylic acids is 7. The van der Waals surface area contributed by atoms with Crippen LogP contribution in [-0.4, -0.2) is 134 Å². The molecule has 0 unspecified atom stereocenters. The van der Waals surface area contributed by atoms with E-state index in [1.54, 1.807) is 29.5 Å². The number of primary amides is 1. The second kappa shape index (κ2) is 22.3. The Hall–Kier alpha value is -5.89. The molecule has 1 aromatic heterocycles. The highest BCUT2D eigenvalue weighted by Gasteiger charge is 2.50. The van der Waals surface area contributed by atoms with Crippen molar-refractivity contribution in [1.29, 1.82) is 0 Å². The van der Waals surface area contributed by atoms with Crippen molar-refractivity contribution >= 4 is 64.8 Å². The molecule has 3 aromatic rings. The van der Waals surface area contributed by atoms with Gasteiger partial charge in [0.05, 0.1) is 38.8 Å². The summed E-state index contributed by atoms with van der Waals surface area (Å²) in [5, 5.41) is 17.2. The molecule has 0 radical (unpaired) electrons. The molecule has 3 fully saturated rings. The number of carbonyl (C=O) groups is 7. The third-order valence-corrected chi connectivity index (χ3v) is 15.4. The number of rotatable bonds is 19. The SMILES string of the molecule is CC(=O)N1CCC2=CC[C@@H](N(C=O)[C@@H](CCC(N)=O)COc3cccc(CCCC(=O)N[C@H](C(=O)N4C[C@H](O)C[C@H]4C(=O)NC4(c5ccc(-c6scnc6C)cc5)CC4)C(C)(C)C)c3Cl)N2C(=O)[C@@H](N)C1. The number of ether oxygens (including phenoxy) is 1. The second-order valence-electron chi connectivity index (χ2n) is 20.2. The molecule has 2 saturated heterocycles. The van der Waals surface area contributed by atoms with Crippen molar-refractivity contribution in [2.24, 2.45) is 16.9 Å². The van der Waals surface area contributed by atoms with Gasteiger partial charge in [0.2, 0.25) is 41.9 Å². The lowest BCUT2D eigenvalue weighted by molar-refractivity contribution is -0.144. The van der Waals surface area contributed by atoms with Crippen molar-refractivity contribution in [2.75, 3.05) is 26.2 Å². The van der Waals surface area contributed by atoms with Crippen LogP contribution in [0.25, 0.3) is 10.4 Å². The summed E-state index contributed by atoms with van der Waals surface area (Å²) in [5.41, 5.74) is 16.6. The fourth-order valence-electron chi connectivity index (χ4n) is 9.84. The maximum atomic E-state index is 14.4. The molecule has 7 amide bonds. The van der Waals surface area contributed by atoms with E-state index in [0.717, 1.165) is 34.5 Å². The number of nitrogens with two attached hydrogens (primary N) is 2. The smallest absolute Gasteiger partial charge is 0.247 e. The van der Waals surface area contributed by atoms with Gasteiger partial charge in [0.1, 0.15) is 36.6 Å². The lowest BCUT2D eigenvalue weighted by Gasteiger charge is -2.41. The third kappa shape index (κ3) is 12.2. The van der Waals surface area contributed by atoms with Crippen molar-refractivity contribution in [3.8, 4) is 16.2 Å². The minimum absolute atomic E-state index is 0.0381. The van der Waals surface area contributed by atoms with E-state index in [1.807, 2.05) is 63.5 Å². The number of nitrogens with one attached hydrogen (secondary N) is 2. The summed E-state index contributed by atoms with van der Waals surface area (Å²) in [7, 11) is 0. The van der Waals surface area contributed by atoms with Gasteiger partial charge in [-0.1, -0.05) is 74.8 Å². The lowest BCUT2D eigenvalue weighted by atomic mass is 9.85. The van der Waals surface area contributed by atoms with Gasteiger partial charge in [0.15, 0.2) is 0 Å². The average Bonchev–Trinajstić information content (AvgIpc) is 3.56. The van der Waals surface area contributed by atoms with Gasteiger partial charge in [0.25, 0.3) is 0 Å². The fraction of sp³-hybridized carbons (Fsp3) is 0.529. The van der Waals surface area contributed by atoms with Crippen molar-refractivity contribution in [2.45, 2.75) is 141 Å².